The van der Waals surface area contributed by atoms with Crippen molar-refractivity contribution in [2.45, 2.75) is 37.6 Å². The smallest absolute Gasteiger partial charge is 0.236 e. The van der Waals surface area contributed by atoms with Crippen molar-refractivity contribution in [1.29, 1.82) is 0 Å². The van der Waals surface area contributed by atoms with Gasteiger partial charge >= 0.3 is 0 Å². The molecule has 1 N–H and O–H groups in total. The molecule has 1 aliphatic carbocycles. The SMILES string of the molecule is O=C(NC1(c2ccc(F)cc2)CCC1)C1CCN(S(=O)(=O)/C=C/c2ccccc2)CC1. The quantitative estimate of drug-likeness (QED) is 0.734. The third-order valence-electron chi connectivity index (χ3n) is 6.38. The van der Waals surface area contributed by atoms with Crippen LogP contribution >= 0.6 is 0 Å². The number of hydrogen-bond acceptors (Lipinski definition) is 3. The molecule has 0 aromatic heterocycles. The fourth-order valence-electron chi connectivity index (χ4n) is 4.31. The summed E-state index contributed by atoms with van der Waals surface area (Å²) in [6.45, 7) is 0.645. The summed E-state index contributed by atoms with van der Waals surface area (Å²) < 4.78 is 40.0. The van der Waals surface area contributed by atoms with E-state index in [-0.39, 0.29) is 17.6 Å². The second-order valence-electron chi connectivity index (χ2n) is 8.36. The van der Waals surface area contributed by atoms with E-state index in [9.17, 15) is 17.6 Å². The Morgan fingerprint density at radius 1 is 1.03 bits per heavy atom. The van der Waals surface area contributed by atoms with E-state index in [4.69, 9.17) is 0 Å². The molecule has 1 aliphatic heterocycles. The molecule has 2 fully saturated rings. The number of rotatable bonds is 6. The van der Waals surface area contributed by atoms with Crippen molar-refractivity contribution in [3.63, 3.8) is 0 Å². The highest BCUT2D eigenvalue weighted by molar-refractivity contribution is 7.92. The summed E-state index contributed by atoms with van der Waals surface area (Å²) in [7, 11) is -3.52. The molecule has 1 saturated carbocycles. The number of halogens is 1. The first-order valence-corrected chi connectivity index (χ1v) is 12.2. The Kier molecular flexibility index (Phi) is 6.25. The van der Waals surface area contributed by atoms with Gasteiger partial charge in [0, 0.05) is 24.4 Å². The second-order valence-corrected chi connectivity index (χ2v) is 10.2. The van der Waals surface area contributed by atoms with Crippen molar-refractivity contribution in [3.8, 4) is 0 Å². The number of benzene rings is 2. The monoisotopic (exact) mass is 442 g/mol. The van der Waals surface area contributed by atoms with Crippen LogP contribution in [0.25, 0.3) is 6.08 Å². The van der Waals surface area contributed by atoms with Gasteiger partial charge in [-0.05, 0) is 61.4 Å². The summed E-state index contributed by atoms with van der Waals surface area (Å²) >= 11 is 0. The van der Waals surface area contributed by atoms with Gasteiger partial charge in [0.25, 0.3) is 0 Å². The molecule has 1 saturated heterocycles. The van der Waals surface area contributed by atoms with Crippen molar-refractivity contribution in [2.75, 3.05) is 13.1 Å². The van der Waals surface area contributed by atoms with Gasteiger partial charge in [0.2, 0.25) is 15.9 Å². The molecule has 0 unspecified atom stereocenters. The summed E-state index contributed by atoms with van der Waals surface area (Å²) in [5.74, 6) is -0.553. The Labute approximate surface area is 183 Å². The number of amides is 1. The highest BCUT2D eigenvalue weighted by Crippen LogP contribution is 2.41. The molecule has 0 atom stereocenters. The van der Waals surface area contributed by atoms with E-state index in [1.54, 1.807) is 18.2 Å². The number of carbonyl (C=O) groups is 1. The molecule has 2 aromatic carbocycles. The fourth-order valence-corrected chi connectivity index (χ4v) is 5.53. The number of carbonyl (C=O) groups excluding carboxylic acids is 1. The first-order chi connectivity index (χ1) is 14.9. The van der Waals surface area contributed by atoms with Crippen LogP contribution in [0.1, 0.15) is 43.2 Å². The van der Waals surface area contributed by atoms with Crippen molar-refractivity contribution in [1.82, 2.24) is 9.62 Å². The van der Waals surface area contributed by atoms with Crippen LogP contribution in [0.15, 0.2) is 60.0 Å². The van der Waals surface area contributed by atoms with Crippen LogP contribution in [0.2, 0.25) is 0 Å². The van der Waals surface area contributed by atoms with Crippen molar-refractivity contribution < 1.29 is 17.6 Å². The summed E-state index contributed by atoms with van der Waals surface area (Å²) in [4.78, 5) is 12.9. The standard InChI is InChI=1S/C24H27FN2O3S/c25-22-9-7-21(8-10-22)24(14-4-15-24)26-23(28)20-11-16-27(17-12-20)31(29,30)18-13-19-5-2-1-3-6-19/h1-3,5-10,13,18,20H,4,11-12,14-17H2,(H,26,28)/b18-13+. The number of hydrogen-bond donors (Lipinski definition) is 1. The van der Waals surface area contributed by atoms with E-state index in [2.05, 4.69) is 5.32 Å². The van der Waals surface area contributed by atoms with Gasteiger partial charge < -0.3 is 5.32 Å². The fraction of sp³-hybridized carbons (Fsp3) is 0.375. The van der Waals surface area contributed by atoms with Crippen LogP contribution in [-0.4, -0.2) is 31.7 Å². The molecule has 5 nitrogen and oxygen atoms in total. The zero-order valence-corrected chi connectivity index (χ0v) is 18.2. The van der Waals surface area contributed by atoms with Gasteiger partial charge in [0.05, 0.1) is 5.54 Å². The normalized spacial score (nSPS) is 19.8. The topological polar surface area (TPSA) is 66.5 Å². The molecule has 2 aromatic rings. The predicted molar refractivity (Wildman–Crippen MR) is 119 cm³/mol. The molecule has 1 heterocycles. The Morgan fingerprint density at radius 2 is 1.68 bits per heavy atom. The zero-order valence-electron chi connectivity index (χ0n) is 17.3. The molecule has 164 valence electrons. The first-order valence-electron chi connectivity index (χ1n) is 10.7. The molecule has 1 amide bonds. The van der Waals surface area contributed by atoms with Gasteiger partial charge in [-0.1, -0.05) is 42.5 Å². The third kappa shape index (κ3) is 4.88. The second kappa shape index (κ2) is 8.93. The molecule has 0 bridgehead atoms. The molecule has 4 rings (SSSR count). The molecule has 2 aliphatic rings. The summed E-state index contributed by atoms with van der Waals surface area (Å²) in [6.07, 6.45) is 5.26. The lowest BCUT2D eigenvalue weighted by atomic mass is 9.71. The molecule has 31 heavy (non-hydrogen) atoms. The van der Waals surface area contributed by atoms with E-state index < -0.39 is 15.6 Å². The maximum atomic E-state index is 13.3. The Balaban J connectivity index is 1.35. The molecular weight excluding hydrogens is 415 g/mol. The maximum absolute atomic E-state index is 13.3. The Hall–Kier alpha value is -2.51. The Morgan fingerprint density at radius 3 is 2.26 bits per heavy atom. The predicted octanol–water partition coefficient (Wildman–Crippen LogP) is 4.03. The number of sulfonamides is 1. The number of piperidine rings is 1. The minimum atomic E-state index is -3.52. The summed E-state index contributed by atoms with van der Waals surface area (Å²) in [5, 5.41) is 4.43. The lowest BCUT2D eigenvalue weighted by Crippen LogP contribution is -2.53. The van der Waals surface area contributed by atoms with Crippen LogP contribution in [0.4, 0.5) is 4.39 Å². The van der Waals surface area contributed by atoms with Gasteiger partial charge in [-0.3, -0.25) is 4.79 Å². The van der Waals surface area contributed by atoms with Crippen LogP contribution in [-0.2, 0) is 20.4 Å². The maximum Gasteiger partial charge on any atom is 0.236 e. The first kappa shape index (κ1) is 21.7. The van der Waals surface area contributed by atoms with Gasteiger partial charge in [0.1, 0.15) is 5.82 Å². The summed E-state index contributed by atoms with van der Waals surface area (Å²) in [5.41, 5.74) is 1.33. The average Bonchev–Trinajstić information content (AvgIpc) is 2.76. The molecule has 0 radical (unpaired) electrons. The minimum absolute atomic E-state index is 0.0408. The zero-order chi connectivity index (χ0) is 21.9. The highest BCUT2D eigenvalue weighted by Gasteiger charge is 2.41. The van der Waals surface area contributed by atoms with Gasteiger partial charge in [-0.25, -0.2) is 12.8 Å². The van der Waals surface area contributed by atoms with Crippen LogP contribution in [0.5, 0.6) is 0 Å². The van der Waals surface area contributed by atoms with Gasteiger partial charge in [-0.2, -0.15) is 4.31 Å². The van der Waals surface area contributed by atoms with Crippen LogP contribution in [0, 0.1) is 11.7 Å². The van der Waals surface area contributed by atoms with Crippen molar-refractivity contribution >= 4 is 22.0 Å². The summed E-state index contributed by atoms with van der Waals surface area (Å²) in [6, 6.07) is 15.6. The molecule has 7 heteroatoms. The van der Waals surface area contributed by atoms with E-state index in [1.165, 1.54) is 21.8 Å². The van der Waals surface area contributed by atoms with Crippen LogP contribution in [0.3, 0.4) is 0 Å². The highest BCUT2D eigenvalue weighted by atomic mass is 32.2. The Bertz CT molecular complexity index is 1040. The van der Waals surface area contributed by atoms with E-state index >= 15 is 0 Å². The van der Waals surface area contributed by atoms with Crippen molar-refractivity contribution in [3.05, 3.63) is 76.9 Å². The lowest BCUT2D eigenvalue weighted by Gasteiger charge is -2.44. The molecular formula is C24H27FN2O3S. The van der Waals surface area contributed by atoms with Gasteiger partial charge in [-0.15, -0.1) is 0 Å². The largest absolute Gasteiger partial charge is 0.346 e. The molecule has 0 spiro atoms. The van der Waals surface area contributed by atoms with Crippen LogP contribution < -0.4 is 5.32 Å². The van der Waals surface area contributed by atoms with E-state index in [0.717, 1.165) is 30.4 Å². The third-order valence-corrected chi connectivity index (χ3v) is 7.95. The van der Waals surface area contributed by atoms with E-state index in [1.807, 2.05) is 30.3 Å². The van der Waals surface area contributed by atoms with E-state index in [0.29, 0.717) is 25.9 Å². The lowest BCUT2D eigenvalue weighted by molar-refractivity contribution is -0.129. The minimum Gasteiger partial charge on any atom is -0.346 e. The number of nitrogens with zero attached hydrogens (tertiary/aromatic N) is 1. The van der Waals surface area contributed by atoms with Crippen molar-refractivity contribution in [2.24, 2.45) is 5.92 Å². The average molecular weight is 443 g/mol. The van der Waals surface area contributed by atoms with Gasteiger partial charge in [0.15, 0.2) is 0 Å². The number of nitrogens with one attached hydrogen (secondary N) is 1.